The Morgan fingerprint density at radius 1 is 1.23 bits per heavy atom. The van der Waals surface area contributed by atoms with Crippen LogP contribution in [0.3, 0.4) is 0 Å². The molecule has 2 heterocycles. The number of allylic oxidation sites excluding steroid dienone is 1. The van der Waals surface area contributed by atoms with Gasteiger partial charge in [-0.25, -0.2) is 0 Å². The molecule has 1 aliphatic rings. The number of carbonyl (C=O) groups is 1. The molecular formula is C24H22ClN3O2S. The second-order valence-electron chi connectivity index (χ2n) is 7.36. The minimum absolute atomic E-state index is 0.0334. The van der Waals surface area contributed by atoms with Crippen LogP contribution in [0.4, 0.5) is 0 Å². The van der Waals surface area contributed by atoms with Crippen molar-refractivity contribution in [3.8, 4) is 0 Å². The Balaban J connectivity index is 1.80. The van der Waals surface area contributed by atoms with Crippen molar-refractivity contribution >= 4 is 50.9 Å². The molecule has 7 heteroatoms. The summed E-state index contributed by atoms with van der Waals surface area (Å²) in [5.74, 6) is -0.245. The van der Waals surface area contributed by atoms with Gasteiger partial charge >= 0.3 is 5.97 Å². The predicted octanol–water partition coefficient (Wildman–Crippen LogP) is 5.59. The van der Waals surface area contributed by atoms with E-state index in [9.17, 15) is 9.90 Å². The summed E-state index contributed by atoms with van der Waals surface area (Å²) in [5.41, 5.74) is 5.83. The first-order chi connectivity index (χ1) is 14.9. The van der Waals surface area contributed by atoms with Crippen molar-refractivity contribution in [2.45, 2.75) is 13.3 Å². The van der Waals surface area contributed by atoms with Gasteiger partial charge in [0.1, 0.15) is 0 Å². The average Bonchev–Trinajstić information content (AvgIpc) is 3.15. The largest absolute Gasteiger partial charge is 0.481 e. The minimum atomic E-state index is -0.847. The second kappa shape index (κ2) is 9.12. The van der Waals surface area contributed by atoms with Crippen LogP contribution in [0.5, 0.6) is 0 Å². The Morgan fingerprint density at radius 2 is 2.00 bits per heavy atom. The van der Waals surface area contributed by atoms with E-state index in [4.69, 9.17) is 16.6 Å². The first-order valence-electron chi connectivity index (χ1n) is 9.89. The van der Waals surface area contributed by atoms with E-state index < -0.39 is 5.97 Å². The summed E-state index contributed by atoms with van der Waals surface area (Å²) in [4.78, 5) is 16.5. The van der Waals surface area contributed by atoms with Gasteiger partial charge in [-0.3, -0.25) is 14.5 Å². The summed E-state index contributed by atoms with van der Waals surface area (Å²) < 4.78 is 1.85. The van der Waals surface area contributed by atoms with E-state index in [0.717, 1.165) is 43.8 Å². The van der Waals surface area contributed by atoms with Gasteiger partial charge in [-0.05, 0) is 47.4 Å². The number of nitrogens with zero attached hydrogens (tertiary/aromatic N) is 3. The van der Waals surface area contributed by atoms with Crippen molar-refractivity contribution in [2.24, 2.45) is 12.0 Å². The molecule has 0 unspecified atom stereocenters. The fourth-order valence-corrected chi connectivity index (χ4v) is 4.98. The summed E-state index contributed by atoms with van der Waals surface area (Å²) in [6.45, 7) is 2.45. The SMILES string of the molecule is CC1=CCN=C(c2cccc3c2cnn3C)SCC(c2ccc(Cl)cc2)=C1CC(=O)O. The number of carboxylic acids is 1. The Hall–Kier alpha value is -2.83. The van der Waals surface area contributed by atoms with Crippen molar-refractivity contribution in [3.05, 3.63) is 82.0 Å². The van der Waals surface area contributed by atoms with Gasteiger partial charge in [0.15, 0.2) is 0 Å². The highest BCUT2D eigenvalue weighted by Gasteiger charge is 2.19. The van der Waals surface area contributed by atoms with Crippen LogP contribution in [0.2, 0.25) is 5.02 Å². The van der Waals surface area contributed by atoms with Gasteiger partial charge in [0.05, 0.1) is 29.7 Å². The standard InChI is InChI=1S/C24H22ClN3O2S/c1-15-10-11-26-24(18-4-3-5-22-20(18)13-27-28(22)2)31-14-21(19(15)12-23(29)30)16-6-8-17(25)9-7-16/h3-10,13H,11-12,14H2,1-2H3,(H,29,30). The molecule has 0 aliphatic carbocycles. The van der Waals surface area contributed by atoms with E-state index in [1.54, 1.807) is 11.8 Å². The zero-order chi connectivity index (χ0) is 22.0. The van der Waals surface area contributed by atoms with Crippen LogP contribution >= 0.6 is 23.4 Å². The zero-order valence-corrected chi connectivity index (χ0v) is 18.9. The molecule has 5 nitrogen and oxygen atoms in total. The normalized spacial score (nSPS) is 15.2. The molecule has 31 heavy (non-hydrogen) atoms. The first kappa shape index (κ1) is 21.4. The number of aliphatic carboxylic acids is 1. The molecule has 0 spiro atoms. The van der Waals surface area contributed by atoms with Crippen LogP contribution in [0.25, 0.3) is 16.5 Å². The maximum Gasteiger partial charge on any atom is 0.307 e. The number of benzene rings is 2. The van der Waals surface area contributed by atoms with E-state index in [1.807, 2.05) is 67.3 Å². The van der Waals surface area contributed by atoms with Crippen molar-refractivity contribution in [2.75, 3.05) is 12.3 Å². The minimum Gasteiger partial charge on any atom is -0.481 e. The third kappa shape index (κ3) is 4.60. The van der Waals surface area contributed by atoms with Gasteiger partial charge in [-0.1, -0.05) is 41.9 Å². The highest BCUT2D eigenvalue weighted by Crippen LogP contribution is 2.33. The molecule has 1 aliphatic heterocycles. The van der Waals surface area contributed by atoms with E-state index >= 15 is 0 Å². The Labute approximate surface area is 190 Å². The van der Waals surface area contributed by atoms with Gasteiger partial charge in [0.2, 0.25) is 0 Å². The van der Waals surface area contributed by atoms with Gasteiger partial charge in [0.25, 0.3) is 0 Å². The third-order valence-corrected chi connectivity index (χ3v) is 6.68. The molecule has 0 amide bonds. The highest BCUT2D eigenvalue weighted by molar-refractivity contribution is 8.14. The Bertz CT molecular complexity index is 1240. The number of hydrogen-bond acceptors (Lipinski definition) is 4. The number of hydrogen-bond donors (Lipinski definition) is 1. The first-order valence-corrected chi connectivity index (χ1v) is 11.3. The van der Waals surface area contributed by atoms with Crippen LogP contribution in [0.1, 0.15) is 24.5 Å². The quantitative estimate of drug-likeness (QED) is 0.561. The summed E-state index contributed by atoms with van der Waals surface area (Å²) in [6.07, 6.45) is 3.84. The molecule has 0 bridgehead atoms. The Morgan fingerprint density at radius 3 is 2.74 bits per heavy atom. The topological polar surface area (TPSA) is 67.5 Å². The number of thioether (sulfide) groups is 1. The third-order valence-electron chi connectivity index (χ3n) is 5.37. The molecule has 3 aromatic rings. The summed E-state index contributed by atoms with van der Waals surface area (Å²) in [7, 11) is 1.93. The lowest BCUT2D eigenvalue weighted by atomic mass is 9.93. The number of rotatable bonds is 4. The van der Waals surface area contributed by atoms with Crippen molar-refractivity contribution in [1.82, 2.24) is 9.78 Å². The summed E-state index contributed by atoms with van der Waals surface area (Å²) in [6, 6.07) is 13.7. The molecule has 0 fully saturated rings. The van der Waals surface area contributed by atoms with E-state index in [2.05, 4.69) is 11.2 Å². The maximum atomic E-state index is 11.6. The molecule has 1 N–H and O–H groups in total. The molecule has 0 saturated heterocycles. The fraction of sp³-hybridized carbons (Fsp3) is 0.208. The molecule has 158 valence electrons. The van der Waals surface area contributed by atoms with E-state index in [1.165, 1.54) is 0 Å². The highest BCUT2D eigenvalue weighted by atomic mass is 35.5. The molecule has 0 radical (unpaired) electrons. The lowest BCUT2D eigenvalue weighted by Gasteiger charge is -2.16. The molecule has 4 rings (SSSR count). The van der Waals surface area contributed by atoms with Crippen LogP contribution < -0.4 is 0 Å². The molecule has 1 aromatic heterocycles. The van der Waals surface area contributed by atoms with Gasteiger partial charge < -0.3 is 5.11 Å². The number of fused-ring (bicyclic) bond motifs is 1. The van der Waals surface area contributed by atoms with Crippen molar-refractivity contribution < 1.29 is 9.90 Å². The lowest BCUT2D eigenvalue weighted by Crippen LogP contribution is -2.05. The predicted molar refractivity (Wildman–Crippen MR) is 129 cm³/mol. The monoisotopic (exact) mass is 451 g/mol. The number of halogens is 1. The maximum absolute atomic E-state index is 11.6. The van der Waals surface area contributed by atoms with Gasteiger partial charge in [0, 0.05) is 28.8 Å². The van der Waals surface area contributed by atoms with Crippen LogP contribution in [0.15, 0.2) is 70.9 Å². The molecule has 2 aromatic carbocycles. The van der Waals surface area contributed by atoms with Crippen molar-refractivity contribution in [1.29, 1.82) is 0 Å². The second-order valence-corrected chi connectivity index (χ2v) is 8.76. The zero-order valence-electron chi connectivity index (χ0n) is 17.3. The summed E-state index contributed by atoms with van der Waals surface area (Å²) in [5, 5.41) is 16.6. The number of aromatic nitrogens is 2. The van der Waals surface area contributed by atoms with Crippen LogP contribution in [0, 0.1) is 0 Å². The van der Waals surface area contributed by atoms with E-state index in [0.29, 0.717) is 17.3 Å². The van der Waals surface area contributed by atoms with Crippen LogP contribution in [-0.2, 0) is 11.8 Å². The number of aliphatic imine (C=N–C) groups is 1. The summed E-state index contributed by atoms with van der Waals surface area (Å²) >= 11 is 7.72. The van der Waals surface area contributed by atoms with E-state index in [-0.39, 0.29) is 6.42 Å². The van der Waals surface area contributed by atoms with Crippen molar-refractivity contribution in [3.63, 3.8) is 0 Å². The smallest absolute Gasteiger partial charge is 0.307 e. The van der Waals surface area contributed by atoms with Crippen LogP contribution in [-0.4, -0.2) is 38.2 Å². The molecule has 0 atom stereocenters. The number of aryl methyl sites for hydroxylation is 1. The molecular weight excluding hydrogens is 430 g/mol. The average molecular weight is 452 g/mol. The van der Waals surface area contributed by atoms with Gasteiger partial charge in [-0.2, -0.15) is 5.10 Å². The lowest BCUT2D eigenvalue weighted by molar-refractivity contribution is -0.136. The number of carboxylic acid groups (broad SMARTS) is 1. The Kier molecular flexibility index (Phi) is 6.30. The van der Waals surface area contributed by atoms with Gasteiger partial charge in [-0.15, -0.1) is 11.8 Å². The fourth-order valence-electron chi connectivity index (χ4n) is 3.73. The molecule has 0 saturated carbocycles.